The van der Waals surface area contributed by atoms with Gasteiger partial charge in [-0.1, -0.05) is 12.1 Å². The van der Waals surface area contributed by atoms with Gasteiger partial charge < -0.3 is 25.3 Å². The molecule has 2 heterocycles. The van der Waals surface area contributed by atoms with Gasteiger partial charge in [0.2, 0.25) is 0 Å². The molecule has 0 spiro atoms. The highest BCUT2D eigenvalue weighted by Gasteiger charge is 2.37. The van der Waals surface area contributed by atoms with Gasteiger partial charge in [-0.05, 0) is 30.2 Å². The zero-order valence-electron chi connectivity index (χ0n) is 15.9. The van der Waals surface area contributed by atoms with Crippen LogP contribution in [0.1, 0.15) is 32.7 Å². The van der Waals surface area contributed by atoms with E-state index < -0.39 is 11.5 Å². The molecule has 8 heteroatoms. The van der Waals surface area contributed by atoms with E-state index in [1.165, 1.54) is 23.9 Å². The maximum Gasteiger partial charge on any atom is 0.263 e. The fourth-order valence-electron chi connectivity index (χ4n) is 3.52. The molecule has 4 rings (SSSR count). The van der Waals surface area contributed by atoms with Crippen molar-refractivity contribution >= 4 is 22.7 Å². The van der Waals surface area contributed by atoms with Crippen LogP contribution >= 0.6 is 0 Å². The third kappa shape index (κ3) is 3.66. The normalized spacial score (nSPS) is 17.9. The summed E-state index contributed by atoms with van der Waals surface area (Å²) in [6, 6.07) is 8.90. The topological polar surface area (TPSA) is 116 Å². The second-order valence-corrected chi connectivity index (χ2v) is 7.27. The molecule has 1 aliphatic rings. The van der Waals surface area contributed by atoms with Crippen LogP contribution in [-0.4, -0.2) is 46.2 Å². The Morgan fingerprint density at radius 3 is 2.83 bits per heavy atom. The van der Waals surface area contributed by atoms with E-state index in [0.29, 0.717) is 0 Å². The van der Waals surface area contributed by atoms with E-state index in [0.717, 1.165) is 22.9 Å². The molecular formula is C21H22N4O4. The monoisotopic (exact) mass is 394 g/mol. The number of aromatic amines is 1. The number of hydrogen-bond acceptors (Lipinski definition) is 4. The Bertz CT molecular complexity index is 1150. The zero-order valence-corrected chi connectivity index (χ0v) is 15.9. The van der Waals surface area contributed by atoms with Crippen LogP contribution in [0.15, 0.2) is 47.5 Å². The lowest BCUT2D eigenvalue weighted by Crippen LogP contribution is -2.34. The number of pyridine rings is 1. The summed E-state index contributed by atoms with van der Waals surface area (Å²) in [6.07, 6.45) is 4.02. The van der Waals surface area contributed by atoms with Gasteiger partial charge in [0.15, 0.2) is 0 Å². The van der Waals surface area contributed by atoms with Gasteiger partial charge in [-0.2, -0.15) is 0 Å². The number of carbonyl (C=O) groups excluding carboxylic acids is 2. The smallest absolute Gasteiger partial charge is 0.263 e. The Hall–Kier alpha value is -3.39. The quantitative estimate of drug-likeness (QED) is 0.496. The molecule has 4 N–H and O–H groups in total. The molecule has 150 valence electrons. The van der Waals surface area contributed by atoms with E-state index in [2.05, 4.69) is 15.6 Å². The fraction of sp³-hybridized carbons (Fsp3) is 0.286. The summed E-state index contributed by atoms with van der Waals surface area (Å²) in [5.41, 5.74) is 1.52. The van der Waals surface area contributed by atoms with Crippen LogP contribution in [0, 0.1) is 5.92 Å². The molecule has 8 nitrogen and oxygen atoms in total. The first-order valence-corrected chi connectivity index (χ1v) is 9.45. The van der Waals surface area contributed by atoms with Gasteiger partial charge >= 0.3 is 0 Å². The Kier molecular flexibility index (Phi) is 4.94. The summed E-state index contributed by atoms with van der Waals surface area (Å²) in [4.78, 5) is 40.9. The molecule has 0 aliphatic heterocycles. The van der Waals surface area contributed by atoms with Crippen molar-refractivity contribution in [2.24, 2.45) is 5.92 Å². The number of carbonyl (C=O) groups is 2. The van der Waals surface area contributed by atoms with E-state index in [4.69, 9.17) is 5.11 Å². The number of nitrogens with one attached hydrogen (secondary N) is 3. The average Bonchev–Trinajstić information content (AvgIpc) is 3.29. The van der Waals surface area contributed by atoms with Gasteiger partial charge in [0.05, 0.1) is 12.1 Å². The first-order valence-electron chi connectivity index (χ1n) is 9.45. The van der Waals surface area contributed by atoms with Crippen LogP contribution in [0.3, 0.4) is 0 Å². The number of benzene rings is 1. The van der Waals surface area contributed by atoms with Crippen molar-refractivity contribution in [1.29, 1.82) is 0 Å². The van der Waals surface area contributed by atoms with Gasteiger partial charge in [0.25, 0.3) is 17.4 Å². The van der Waals surface area contributed by atoms with Gasteiger partial charge in [-0.15, -0.1) is 0 Å². The Morgan fingerprint density at radius 1 is 1.28 bits per heavy atom. The summed E-state index contributed by atoms with van der Waals surface area (Å²) < 4.78 is 1.39. The Balaban J connectivity index is 1.72. The number of rotatable bonds is 6. The van der Waals surface area contributed by atoms with Crippen LogP contribution in [0.4, 0.5) is 0 Å². The van der Waals surface area contributed by atoms with Crippen molar-refractivity contribution in [1.82, 2.24) is 20.2 Å². The number of aliphatic hydroxyl groups excluding tert-OH is 1. The van der Waals surface area contributed by atoms with E-state index in [1.54, 1.807) is 0 Å². The summed E-state index contributed by atoms with van der Waals surface area (Å²) in [5, 5.41) is 15.4. The van der Waals surface area contributed by atoms with Crippen LogP contribution in [-0.2, 0) is 6.54 Å². The predicted octanol–water partition coefficient (Wildman–Crippen LogP) is 0.848. The van der Waals surface area contributed by atoms with Crippen LogP contribution in [0.25, 0.3) is 10.9 Å². The van der Waals surface area contributed by atoms with E-state index >= 15 is 0 Å². The number of amides is 2. The minimum atomic E-state index is -0.544. The van der Waals surface area contributed by atoms with Crippen LogP contribution < -0.4 is 16.2 Å². The number of hydrogen-bond donors (Lipinski definition) is 4. The second kappa shape index (κ2) is 7.56. The van der Waals surface area contributed by atoms with Crippen molar-refractivity contribution in [2.75, 3.05) is 13.7 Å². The molecule has 2 amide bonds. The van der Waals surface area contributed by atoms with Crippen molar-refractivity contribution in [3.63, 3.8) is 0 Å². The predicted molar refractivity (Wildman–Crippen MR) is 108 cm³/mol. The van der Waals surface area contributed by atoms with E-state index in [-0.39, 0.29) is 42.1 Å². The average molecular weight is 394 g/mol. The summed E-state index contributed by atoms with van der Waals surface area (Å²) in [6.45, 7) is 0.246. The summed E-state index contributed by atoms with van der Waals surface area (Å²) in [7, 11) is 1.44. The number of H-pyrrole nitrogens is 1. The maximum absolute atomic E-state index is 12.9. The number of aromatic nitrogens is 2. The molecule has 1 aliphatic carbocycles. The minimum absolute atomic E-state index is 0.0224. The first-order chi connectivity index (χ1) is 14.0. The van der Waals surface area contributed by atoms with Crippen LogP contribution in [0.2, 0.25) is 0 Å². The molecule has 29 heavy (non-hydrogen) atoms. The molecule has 0 saturated heterocycles. The molecule has 3 aromatic rings. The van der Waals surface area contributed by atoms with Crippen molar-refractivity contribution in [3.8, 4) is 0 Å². The molecule has 1 saturated carbocycles. The highest BCUT2D eigenvalue weighted by molar-refractivity contribution is 5.99. The highest BCUT2D eigenvalue weighted by Crippen LogP contribution is 2.29. The maximum atomic E-state index is 12.9. The van der Waals surface area contributed by atoms with Crippen molar-refractivity contribution < 1.29 is 14.7 Å². The molecule has 1 aromatic carbocycles. The van der Waals surface area contributed by atoms with Gasteiger partial charge in [-0.3, -0.25) is 14.4 Å². The van der Waals surface area contributed by atoms with E-state index in [1.807, 2.05) is 30.5 Å². The van der Waals surface area contributed by atoms with Crippen LogP contribution in [0.5, 0.6) is 0 Å². The van der Waals surface area contributed by atoms with Crippen molar-refractivity contribution in [3.05, 3.63) is 69.8 Å². The summed E-state index contributed by atoms with van der Waals surface area (Å²) >= 11 is 0. The molecule has 0 bridgehead atoms. The second-order valence-electron chi connectivity index (χ2n) is 7.27. The molecule has 0 unspecified atom stereocenters. The lowest BCUT2D eigenvalue weighted by atomic mass is 10.1. The van der Waals surface area contributed by atoms with Gasteiger partial charge in [0.1, 0.15) is 5.56 Å². The number of nitrogens with zero attached hydrogens (tertiary/aromatic N) is 1. The SMILES string of the molecule is CNC(=O)c1cc(C(=O)N[C@@H]2C[C@H]2CO)cn(Cc2cccc3[nH]ccc23)c1=O. The Morgan fingerprint density at radius 2 is 2.10 bits per heavy atom. The standard InChI is InChI=1S/C21H22N4O4/c1-22-20(28)16-7-13(19(27)24-18-8-14(18)11-26)10-25(21(16)29)9-12-3-2-4-17-15(12)5-6-23-17/h2-7,10,14,18,23,26H,8-9,11H2,1H3,(H,22,28)(H,24,27)/t14-,18+/m0/s1. The third-order valence-corrected chi connectivity index (χ3v) is 5.32. The third-order valence-electron chi connectivity index (χ3n) is 5.32. The molecule has 2 atom stereocenters. The zero-order chi connectivity index (χ0) is 20.5. The minimum Gasteiger partial charge on any atom is -0.396 e. The lowest BCUT2D eigenvalue weighted by molar-refractivity contribution is 0.0946. The molecule has 1 fully saturated rings. The van der Waals surface area contributed by atoms with Gasteiger partial charge in [0, 0.05) is 48.9 Å². The first kappa shape index (κ1) is 18.9. The van der Waals surface area contributed by atoms with Gasteiger partial charge in [-0.25, -0.2) is 0 Å². The molecular weight excluding hydrogens is 372 g/mol. The Labute approximate surface area is 166 Å². The fourth-order valence-corrected chi connectivity index (χ4v) is 3.52. The summed E-state index contributed by atoms with van der Waals surface area (Å²) in [5.74, 6) is -0.850. The van der Waals surface area contributed by atoms with Crippen molar-refractivity contribution in [2.45, 2.75) is 19.0 Å². The highest BCUT2D eigenvalue weighted by atomic mass is 16.3. The lowest BCUT2D eigenvalue weighted by Gasteiger charge is -2.12. The number of aliphatic hydroxyl groups is 1. The number of fused-ring (bicyclic) bond motifs is 1. The molecule has 2 aromatic heterocycles. The van der Waals surface area contributed by atoms with E-state index in [9.17, 15) is 14.4 Å². The molecule has 0 radical (unpaired) electrons. The largest absolute Gasteiger partial charge is 0.396 e.